The van der Waals surface area contributed by atoms with Gasteiger partial charge in [0.15, 0.2) is 0 Å². The maximum atomic E-state index is 13.1. The van der Waals surface area contributed by atoms with Gasteiger partial charge < -0.3 is 4.74 Å². The van der Waals surface area contributed by atoms with Crippen molar-refractivity contribution in [3.63, 3.8) is 0 Å². The number of fused-ring (bicyclic) bond motifs is 4. The van der Waals surface area contributed by atoms with E-state index < -0.39 is 0 Å². The molecule has 0 fully saturated rings. The maximum absolute atomic E-state index is 13.1. The molecule has 0 saturated heterocycles. The van der Waals surface area contributed by atoms with Crippen LogP contribution in [0.2, 0.25) is 0 Å². The third-order valence-electron chi connectivity index (χ3n) is 4.64. The van der Waals surface area contributed by atoms with Crippen molar-refractivity contribution in [2.75, 3.05) is 0 Å². The first-order chi connectivity index (χ1) is 13.7. The van der Waals surface area contributed by atoms with Crippen LogP contribution in [0, 0.1) is 0 Å². The number of hydrogen-bond donors (Lipinski definition) is 0. The molecule has 0 aliphatic rings. The highest BCUT2D eigenvalue weighted by Crippen LogP contribution is 2.24. The van der Waals surface area contributed by atoms with E-state index in [1.807, 2.05) is 66.7 Å². The number of hydrogen-bond acceptors (Lipinski definition) is 4. The van der Waals surface area contributed by atoms with Gasteiger partial charge in [-0.2, -0.15) is 9.50 Å². The smallest absolute Gasteiger partial charge is 0.343 e. The predicted octanol–water partition coefficient (Wildman–Crippen LogP) is 4.18. The monoisotopic (exact) mass is 368 g/mol. The van der Waals surface area contributed by atoms with Crippen molar-refractivity contribution < 1.29 is 4.74 Å². The molecule has 5 rings (SSSR count). The van der Waals surface area contributed by atoms with Crippen LogP contribution in [0.5, 0.6) is 11.8 Å². The van der Waals surface area contributed by atoms with E-state index in [0.29, 0.717) is 29.0 Å². The summed E-state index contributed by atoms with van der Waals surface area (Å²) in [5, 5.41) is 7.11. The minimum atomic E-state index is -0.133. The molecule has 0 N–H and O–H groups in total. The molecule has 0 atom stereocenters. The van der Waals surface area contributed by atoms with Crippen molar-refractivity contribution in [1.29, 1.82) is 0 Å². The molecule has 2 heterocycles. The second kappa shape index (κ2) is 6.35. The van der Waals surface area contributed by atoms with E-state index in [9.17, 15) is 4.79 Å². The highest BCUT2D eigenvalue weighted by Gasteiger charge is 2.16. The summed E-state index contributed by atoms with van der Waals surface area (Å²) in [4.78, 5) is 17.6. The van der Waals surface area contributed by atoms with E-state index in [0.717, 1.165) is 10.8 Å². The topological polar surface area (TPSA) is 61.4 Å². The van der Waals surface area contributed by atoms with Crippen LogP contribution in [-0.4, -0.2) is 19.2 Å². The van der Waals surface area contributed by atoms with Gasteiger partial charge in [0.2, 0.25) is 5.78 Å². The second-order valence-electron chi connectivity index (χ2n) is 6.44. The molecule has 28 heavy (non-hydrogen) atoms. The molecule has 6 heteroatoms. The highest BCUT2D eigenvalue weighted by molar-refractivity contribution is 5.96. The summed E-state index contributed by atoms with van der Waals surface area (Å²) in [7, 11) is 0. The van der Waals surface area contributed by atoms with Gasteiger partial charge in [-0.15, -0.1) is 11.7 Å². The number of ether oxygens (including phenoxy) is 1. The minimum Gasteiger partial charge on any atom is -0.423 e. The number of benzene rings is 3. The SMILES string of the molecule is C=CCn1c(=O)c2cc3ccccc3cc2n2nc(Oc3ccccc3)nc12. The van der Waals surface area contributed by atoms with Crippen molar-refractivity contribution in [3.8, 4) is 11.8 Å². The zero-order valence-corrected chi connectivity index (χ0v) is 14.9. The lowest BCUT2D eigenvalue weighted by atomic mass is 10.1. The van der Waals surface area contributed by atoms with Crippen LogP contribution in [0.3, 0.4) is 0 Å². The number of nitrogens with zero attached hydrogens (tertiary/aromatic N) is 4. The molecular formula is C22H16N4O2. The molecule has 3 aromatic carbocycles. The molecular weight excluding hydrogens is 352 g/mol. The van der Waals surface area contributed by atoms with Gasteiger partial charge in [0.05, 0.1) is 10.9 Å². The lowest BCUT2D eigenvalue weighted by molar-refractivity contribution is 0.443. The molecule has 5 aromatic rings. The van der Waals surface area contributed by atoms with Gasteiger partial charge in [0.1, 0.15) is 5.75 Å². The summed E-state index contributed by atoms with van der Waals surface area (Å²) < 4.78 is 9.00. The summed E-state index contributed by atoms with van der Waals surface area (Å²) >= 11 is 0. The molecule has 0 unspecified atom stereocenters. The Bertz CT molecular complexity index is 1400. The third-order valence-corrected chi connectivity index (χ3v) is 4.64. The average molecular weight is 368 g/mol. The minimum absolute atomic E-state index is 0.133. The van der Waals surface area contributed by atoms with E-state index in [2.05, 4.69) is 16.7 Å². The van der Waals surface area contributed by atoms with Gasteiger partial charge in [-0.1, -0.05) is 48.5 Å². The quantitative estimate of drug-likeness (QED) is 0.353. The summed E-state index contributed by atoms with van der Waals surface area (Å²) in [6.45, 7) is 4.09. The summed E-state index contributed by atoms with van der Waals surface area (Å²) in [6.07, 6.45) is 1.67. The fourth-order valence-electron chi connectivity index (χ4n) is 3.36. The van der Waals surface area contributed by atoms with E-state index in [4.69, 9.17) is 4.74 Å². The lowest BCUT2D eigenvalue weighted by Gasteiger charge is -2.08. The molecule has 136 valence electrons. The molecule has 0 aliphatic carbocycles. The molecule has 0 radical (unpaired) electrons. The number of aromatic nitrogens is 4. The predicted molar refractivity (Wildman–Crippen MR) is 109 cm³/mol. The van der Waals surface area contributed by atoms with Crippen LogP contribution in [0.4, 0.5) is 0 Å². The first kappa shape index (κ1) is 16.3. The second-order valence-corrected chi connectivity index (χ2v) is 6.44. The van der Waals surface area contributed by atoms with Gasteiger partial charge >= 0.3 is 6.01 Å². The van der Waals surface area contributed by atoms with Gasteiger partial charge in [-0.25, -0.2) is 0 Å². The zero-order valence-electron chi connectivity index (χ0n) is 14.9. The van der Waals surface area contributed by atoms with Crippen LogP contribution < -0.4 is 10.3 Å². The number of para-hydroxylation sites is 1. The molecule has 2 aromatic heterocycles. The Morgan fingerprint density at radius 3 is 2.46 bits per heavy atom. The van der Waals surface area contributed by atoms with Crippen molar-refractivity contribution in [1.82, 2.24) is 19.2 Å². The van der Waals surface area contributed by atoms with E-state index in [1.165, 1.54) is 0 Å². The van der Waals surface area contributed by atoms with E-state index in [1.54, 1.807) is 15.2 Å². The summed E-state index contributed by atoms with van der Waals surface area (Å²) in [6, 6.07) is 21.3. The fourth-order valence-corrected chi connectivity index (χ4v) is 3.36. The van der Waals surface area contributed by atoms with Crippen molar-refractivity contribution >= 4 is 27.5 Å². The van der Waals surface area contributed by atoms with Crippen molar-refractivity contribution in [2.24, 2.45) is 0 Å². The Hall–Kier alpha value is -3.93. The summed E-state index contributed by atoms with van der Waals surface area (Å²) in [5.74, 6) is 1.05. The Labute approximate surface area is 159 Å². The van der Waals surface area contributed by atoms with Crippen molar-refractivity contribution in [2.45, 2.75) is 6.54 Å². The Balaban J connectivity index is 1.82. The molecule has 0 bridgehead atoms. The van der Waals surface area contributed by atoms with Crippen LogP contribution >= 0.6 is 0 Å². The van der Waals surface area contributed by atoms with Crippen LogP contribution in [0.1, 0.15) is 0 Å². The molecule has 0 saturated carbocycles. The summed E-state index contributed by atoms with van der Waals surface area (Å²) in [5.41, 5.74) is 0.557. The number of allylic oxidation sites excluding steroid dienone is 1. The standard InChI is InChI=1S/C22H16N4O2/c1-2-12-25-20(27)18-13-15-8-6-7-9-16(15)14-19(18)26-22(25)23-21(24-26)28-17-10-4-3-5-11-17/h2-11,13-14H,1,12H2. The Kier molecular flexibility index (Phi) is 3.69. The van der Waals surface area contributed by atoms with E-state index in [-0.39, 0.29) is 11.6 Å². The first-order valence-corrected chi connectivity index (χ1v) is 8.90. The molecule has 0 spiro atoms. The molecule has 6 nitrogen and oxygen atoms in total. The Morgan fingerprint density at radius 2 is 1.71 bits per heavy atom. The van der Waals surface area contributed by atoms with Gasteiger partial charge in [0.25, 0.3) is 5.56 Å². The maximum Gasteiger partial charge on any atom is 0.343 e. The highest BCUT2D eigenvalue weighted by atomic mass is 16.5. The molecule has 0 aliphatic heterocycles. The average Bonchev–Trinajstić information content (AvgIpc) is 3.14. The van der Waals surface area contributed by atoms with Crippen LogP contribution in [-0.2, 0) is 6.54 Å². The fraction of sp³-hybridized carbons (Fsp3) is 0.0455. The van der Waals surface area contributed by atoms with Crippen LogP contribution in [0.25, 0.3) is 27.5 Å². The largest absolute Gasteiger partial charge is 0.423 e. The van der Waals surface area contributed by atoms with Gasteiger partial charge in [0, 0.05) is 6.54 Å². The molecule has 0 amide bonds. The normalized spacial score (nSPS) is 11.3. The van der Waals surface area contributed by atoms with Crippen LogP contribution in [0.15, 0.2) is 84.2 Å². The Morgan fingerprint density at radius 1 is 1.00 bits per heavy atom. The zero-order chi connectivity index (χ0) is 19.1. The van der Waals surface area contributed by atoms with Gasteiger partial charge in [-0.3, -0.25) is 9.36 Å². The van der Waals surface area contributed by atoms with E-state index >= 15 is 0 Å². The third kappa shape index (κ3) is 2.54. The van der Waals surface area contributed by atoms with Crippen molar-refractivity contribution in [3.05, 3.63) is 89.7 Å². The number of rotatable bonds is 4. The van der Waals surface area contributed by atoms with Gasteiger partial charge in [-0.05, 0) is 35.0 Å². The lowest BCUT2D eigenvalue weighted by Crippen LogP contribution is -2.23. The first-order valence-electron chi connectivity index (χ1n) is 8.90.